The van der Waals surface area contributed by atoms with Gasteiger partial charge in [0.25, 0.3) is 0 Å². The largest absolute Gasteiger partial charge is 0.392 e. The van der Waals surface area contributed by atoms with Gasteiger partial charge < -0.3 is 31.2 Å². The van der Waals surface area contributed by atoms with E-state index in [1.54, 1.807) is 12.4 Å². The van der Waals surface area contributed by atoms with Gasteiger partial charge in [0.05, 0.1) is 25.9 Å². The normalized spacial score (nSPS) is 11.6. The number of nitrogens with one attached hydrogen (secondary N) is 3. The Morgan fingerprint density at radius 2 is 1.48 bits per heavy atom. The number of rotatable bonds is 6. The van der Waals surface area contributed by atoms with E-state index >= 15 is 0 Å². The summed E-state index contributed by atoms with van der Waals surface area (Å²) in [4.78, 5) is 29.5. The van der Waals surface area contributed by atoms with E-state index < -0.39 is 0 Å². The van der Waals surface area contributed by atoms with Crippen LogP contribution in [0.1, 0.15) is 13.8 Å². The molecule has 7 N–H and O–H groups in total. The Labute approximate surface area is 195 Å². The molecule has 0 aliphatic carbocycles. The predicted octanol–water partition coefficient (Wildman–Crippen LogP) is 1.59. The highest BCUT2D eigenvalue weighted by Crippen LogP contribution is 2.14. The molecule has 12 nitrogen and oxygen atoms in total. The smallest absolute Gasteiger partial charge is 0.182 e. The standard InChI is InChI=1S/C10H13N5O.C5H3ClN4.C5H11NO/c1-7(4-16)2-3-11-9-8-10(13-5-12-8)15-6-14-9;6-4-3-5(9-1-7-3)10-2-8-4;1-5(4-7)2-3-6/h2,5-6,16H,3-4H2,1H3,(H2,11,12,13,14,15);1-2H,(H,7,8,9,10);2,7H,3-4,6H2,1H3/b7-2+;;5-2+. The zero-order valence-electron chi connectivity index (χ0n) is 18.3. The van der Waals surface area contributed by atoms with Crippen molar-refractivity contribution in [3.05, 3.63) is 53.8 Å². The molecule has 0 aliphatic rings. The van der Waals surface area contributed by atoms with Crippen LogP contribution in [-0.2, 0) is 0 Å². The summed E-state index contributed by atoms with van der Waals surface area (Å²) in [6.45, 7) is 5.03. The zero-order chi connectivity index (χ0) is 24.1. The number of imidazole rings is 2. The lowest BCUT2D eigenvalue weighted by molar-refractivity contribution is 0.331. The summed E-state index contributed by atoms with van der Waals surface area (Å²) in [7, 11) is 0. The lowest BCUT2D eigenvalue weighted by Crippen LogP contribution is -2.03. The van der Waals surface area contributed by atoms with Crippen molar-refractivity contribution in [1.29, 1.82) is 0 Å². The number of hydrogen-bond donors (Lipinski definition) is 6. The molecule has 4 aromatic heterocycles. The maximum Gasteiger partial charge on any atom is 0.182 e. The lowest BCUT2D eigenvalue weighted by atomic mass is 10.3. The summed E-state index contributed by atoms with van der Waals surface area (Å²) < 4.78 is 0. The molecule has 0 saturated heterocycles. The molecule has 13 heteroatoms. The van der Waals surface area contributed by atoms with Gasteiger partial charge >= 0.3 is 0 Å². The molecule has 0 fully saturated rings. The highest BCUT2D eigenvalue weighted by molar-refractivity contribution is 6.33. The molecule has 33 heavy (non-hydrogen) atoms. The number of aromatic nitrogens is 8. The zero-order valence-corrected chi connectivity index (χ0v) is 19.1. The number of nitrogens with zero attached hydrogens (tertiary/aromatic N) is 6. The van der Waals surface area contributed by atoms with E-state index in [2.05, 4.69) is 45.2 Å². The van der Waals surface area contributed by atoms with E-state index in [9.17, 15) is 0 Å². The van der Waals surface area contributed by atoms with Crippen LogP contribution >= 0.6 is 11.6 Å². The number of hydrogen-bond acceptors (Lipinski definition) is 10. The van der Waals surface area contributed by atoms with Crippen LogP contribution in [0.15, 0.2) is 48.6 Å². The molecule has 4 heterocycles. The van der Waals surface area contributed by atoms with Gasteiger partial charge in [-0.2, -0.15) is 0 Å². The third-order valence-electron chi connectivity index (χ3n) is 4.08. The number of aliphatic hydroxyl groups excluding tert-OH is 2. The molecular formula is C20H27ClN10O2. The molecule has 0 saturated carbocycles. The number of aliphatic hydroxyl groups is 2. The molecule has 0 bridgehead atoms. The molecule has 0 atom stereocenters. The van der Waals surface area contributed by atoms with Crippen LogP contribution in [0.2, 0.25) is 5.15 Å². The summed E-state index contributed by atoms with van der Waals surface area (Å²) in [5.41, 5.74) is 9.68. The van der Waals surface area contributed by atoms with Gasteiger partial charge in [0.1, 0.15) is 23.7 Å². The maximum atomic E-state index is 8.83. The third kappa shape index (κ3) is 8.20. The first kappa shape index (κ1) is 25.8. The minimum Gasteiger partial charge on any atom is -0.392 e. The third-order valence-corrected chi connectivity index (χ3v) is 4.37. The van der Waals surface area contributed by atoms with E-state index in [0.29, 0.717) is 40.9 Å². The van der Waals surface area contributed by atoms with Crippen molar-refractivity contribution in [2.45, 2.75) is 13.8 Å². The van der Waals surface area contributed by atoms with Crippen molar-refractivity contribution in [3.63, 3.8) is 0 Å². The molecule has 0 spiro atoms. The summed E-state index contributed by atoms with van der Waals surface area (Å²) in [5, 5.41) is 20.7. The molecule has 0 radical (unpaired) electrons. The van der Waals surface area contributed by atoms with Crippen molar-refractivity contribution < 1.29 is 10.2 Å². The molecule has 0 aromatic carbocycles. The van der Waals surface area contributed by atoms with Gasteiger partial charge in [-0.25, -0.2) is 29.9 Å². The van der Waals surface area contributed by atoms with Crippen LogP contribution in [0.5, 0.6) is 0 Å². The number of aromatic amines is 2. The Morgan fingerprint density at radius 1 is 0.909 bits per heavy atom. The van der Waals surface area contributed by atoms with Crippen LogP contribution in [0.3, 0.4) is 0 Å². The Morgan fingerprint density at radius 3 is 2.06 bits per heavy atom. The summed E-state index contributed by atoms with van der Waals surface area (Å²) in [6, 6.07) is 0. The second kappa shape index (κ2) is 13.9. The van der Waals surface area contributed by atoms with E-state index in [1.807, 2.05) is 19.9 Å². The average molecular weight is 475 g/mol. The quantitative estimate of drug-likeness (QED) is 0.177. The number of fused-ring (bicyclic) bond motifs is 2. The minimum absolute atomic E-state index is 0.0743. The fraction of sp³-hybridized carbons (Fsp3) is 0.300. The molecule has 0 aliphatic heterocycles. The average Bonchev–Trinajstić information content (AvgIpc) is 3.50. The first-order chi connectivity index (χ1) is 16.0. The molecular weight excluding hydrogens is 448 g/mol. The molecule has 0 amide bonds. The number of halogens is 1. The topological polar surface area (TPSA) is 187 Å². The van der Waals surface area contributed by atoms with Gasteiger partial charge in [0, 0.05) is 13.1 Å². The van der Waals surface area contributed by atoms with Crippen molar-refractivity contribution in [2.75, 3.05) is 31.6 Å². The Hall–Kier alpha value is -3.45. The van der Waals surface area contributed by atoms with Crippen molar-refractivity contribution >= 4 is 39.7 Å². The van der Waals surface area contributed by atoms with Crippen LogP contribution < -0.4 is 11.1 Å². The molecule has 0 unspecified atom stereocenters. The highest BCUT2D eigenvalue weighted by Gasteiger charge is 2.03. The van der Waals surface area contributed by atoms with Crippen molar-refractivity contribution in [1.82, 2.24) is 39.9 Å². The van der Waals surface area contributed by atoms with Gasteiger partial charge in [-0.15, -0.1) is 0 Å². The highest BCUT2D eigenvalue weighted by atomic mass is 35.5. The van der Waals surface area contributed by atoms with E-state index in [-0.39, 0.29) is 13.2 Å². The number of H-pyrrole nitrogens is 2. The Bertz CT molecular complexity index is 1190. The molecule has 4 rings (SSSR count). The summed E-state index contributed by atoms with van der Waals surface area (Å²) >= 11 is 5.68. The fourth-order valence-corrected chi connectivity index (χ4v) is 2.47. The first-order valence-electron chi connectivity index (χ1n) is 9.90. The second-order valence-electron chi connectivity index (χ2n) is 6.62. The lowest BCUT2D eigenvalue weighted by Gasteiger charge is -2.03. The van der Waals surface area contributed by atoms with E-state index in [4.69, 9.17) is 27.5 Å². The van der Waals surface area contributed by atoms with Crippen molar-refractivity contribution in [3.8, 4) is 0 Å². The first-order valence-corrected chi connectivity index (χ1v) is 10.3. The van der Waals surface area contributed by atoms with Gasteiger partial charge in [0.2, 0.25) is 0 Å². The molecule has 176 valence electrons. The van der Waals surface area contributed by atoms with Gasteiger partial charge in [-0.3, -0.25) is 0 Å². The van der Waals surface area contributed by atoms with Gasteiger partial charge in [-0.05, 0) is 13.8 Å². The van der Waals surface area contributed by atoms with E-state index in [1.165, 1.54) is 19.0 Å². The van der Waals surface area contributed by atoms with Crippen molar-refractivity contribution in [2.24, 2.45) is 5.73 Å². The molecule has 4 aromatic rings. The van der Waals surface area contributed by atoms with Crippen LogP contribution in [0, 0.1) is 0 Å². The van der Waals surface area contributed by atoms with Crippen LogP contribution in [0.4, 0.5) is 5.82 Å². The monoisotopic (exact) mass is 474 g/mol. The summed E-state index contributed by atoms with van der Waals surface area (Å²) in [6.07, 6.45) is 9.66. The second-order valence-corrected chi connectivity index (χ2v) is 6.98. The Kier molecular flexibility index (Phi) is 10.8. The van der Waals surface area contributed by atoms with Crippen LogP contribution in [-0.4, -0.2) is 76.4 Å². The van der Waals surface area contributed by atoms with Crippen LogP contribution in [0.25, 0.3) is 22.3 Å². The minimum atomic E-state index is 0.0743. The van der Waals surface area contributed by atoms with Gasteiger partial charge in [0.15, 0.2) is 22.3 Å². The maximum absolute atomic E-state index is 8.83. The summed E-state index contributed by atoms with van der Waals surface area (Å²) in [5.74, 6) is 0.712. The van der Waals surface area contributed by atoms with E-state index in [0.717, 1.165) is 16.7 Å². The Balaban J connectivity index is 0.000000194. The number of nitrogens with two attached hydrogens (primary N) is 1. The fourth-order valence-electron chi connectivity index (χ4n) is 2.29. The number of anilines is 1. The SMILES string of the molecule is C/C(=C\CN)CO.C/C(=C\CNc1ncnc2nc[nH]c12)CO.Clc1ncnc2nc[nH]c12. The predicted molar refractivity (Wildman–Crippen MR) is 128 cm³/mol. The van der Waals surface area contributed by atoms with Gasteiger partial charge in [-0.1, -0.05) is 34.9 Å².